The van der Waals surface area contributed by atoms with Crippen LogP contribution in [-0.4, -0.2) is 4.57 Å². The first kappa shape index (κ1) is 32.8. The second-order valence-corrected chi connectivity index (χ2v) is 14.5. The molecule has 9 aromatic carbocycles. The number of fused-ring (bicyclic) bond motifs is 6. The molecule has 0 unspecified atom stereocenters. The standard InChI is InChI=1S/C54H36N2O/c1-2-12-37(13-3-1)38-24-30-42(31-25-38)55(45-15-10-14-41(36-45)46-19-11-20-50-49-18-6-9-23-53(49)57-54(46)50)43-32-26-39(27-33-43)40-28-34-44(35-29-40)56-51-21-7-4-16-47(51)48-17-5-8-22-52(48)56/h1-36H. The van der Waals surface area contributed by atoms with Gasteiger partial charge in [-0.05, 0) is 94.5 Å². The summed E-state index contributed by atoms with van der Waals surface area (Å²) in [5.74, 6) is 0. The van der Waals surface area contributed by atoms with Crippen LogP contribution in [0, 0.1) is 0 Å². The fourth-order valence-electron chi connectivity index (χ4n) is 8.47. The topological polar surface area (TPSA) is 21.3 Å². The lowest BCUT2D eigenvalue weighted by molar-refractivity contribution is 0.670. The maximum atomic E-state index is 6.47. The Morgan fingerprint density at radius 3 is 1.47 bits per heavy atom. The smallest absolute Gasteiger partial charge is 0.143 e. The monoisotopic (exact) mass is 728 g/mol. The molecule has 0 amide bonds. The molecule has 0 aliphatic heterocycles. The van der Waals surface area contributed by atoms with Crippen molar-refractivity contribution in [3.8, 4) is 39.1 Å². The molecule has 0 aliphatic carbocycles. The number of benzene rings is 9. The van der Waals surface area contributed by atoms with Crippen LogP contribution in [0.15, 0.2) is 223 Å². The summed E-state index contributed by atoms with van der Waals surface area (Å²) in [4.78, 5) is 2.34. The third-order valence-corrected chi connectivity index (χ3v) is 11.2. The average molecular weight is 729 g/mol. The van der Waals surface area contributed by atoms with Crippen molar-refractivity contribution in [2.24, 2.45) is 0 Å². The van der Waals surface area contributed by atoms with Gasteiger partial charge in [0.05, 0.1) is 11.0 Å². The molecule has 0 saturated carbocycles. The molecule has 0 aliphatic rings. The number of aromatic nitrogens is 1. The van der Waals surface area contributed by atoms with E-state index in [1.807, 2.05) is 12.1 Å². The highest BCUT2D eigenvalue weighted by atomic mass is 16.3. The van der Waals surface area contributed by atoms with Crippen molar-refractivity contribution in [2.45, 2.75) is 0 Å². The van der Waals surface area contributed by atoms with E-state index < -0.39 is 0 Å². The first-order chi connectivity index (χ1) is 28.3. The summed E-state index contributed by atoms with van der Waals surface area (Å²) in [6.07, 6.45) is 0. The number of rotatable bonds is 7. The molecule has 57 heavy (non-hydrogen) atoms. The van der Waals surface area contributed by atoms with Crippen molar-refractivity contribution in [1.82, 2.24) is 4.57 Å². The molecule has 0 saturated heterocycles. The van der Waals surface area contributed by atoms with Gasteiger partial charge < -0.3 is 13.9 Å². The third kappa shape index (κ3) is 5.68. The van der Waals surface area contributed by atoms with E-state index in [2.05, 4.69) is 216 Å². The maximum Gasteiger partial charge on any atom is 0.143 e. The van der Waals surface area contributed by atoms with E-state index in [0.29, 0.717) is 0 Å². The second kappa shape index (κ2) is 13.6. The van der Waals surface area contributed by atoms with Crippen LogP contribution in [0.5, 0.6) is 0 Å². The molecule has 0 N–H and O–H groups in total. The summed E-state index contributed by atoms with van der Waals surface area (Å²) in [7, 11) is 0. The summed E-state index contributed by atoms with van der Waals surface area (Å²) in [6, 6.07) is 78.0. The van der Waals surface area contributed by atoms with E-state index in [-0.39, 0.29) is 0 Å². The Labute approximate surface area is 330 Å². The van der Waals surface area contributed by atoms with Crippen molar-refractivity contribution in [3.63, 3.8) is 0 Å². The zero-order valence-corrected chi connectivity index (χ0v) is 31.1. The molecule has 0 bridgehead atoms. The fraction of sp³-hybridized carbons (Fsp3) is 0. The highest BCUT2D eigenvalue weighted by Gasteiger charge is 2.17. The van der Waals surface area contributed by atoms with Gasteiger partial charge in [-0.3, -0.25) is 0 Å². The molecule has 11 aromatic rings. The minimum atomic E-state index is 0.901. The van der Waals surface area contributed by atoms with Gasteiger partial charge in [0.15, 0.2) is 0 Å². The molecule has 3 nitrogen and oxygen atoms in total. The van der Waals surface area contributed by atoms with Gasteiger partial charge in [-0.2, -0.15) is 0 Å². The van der Waals surface area contributed by atoms with Gasteiger partial charge in [-0.15, -0.1) is 0 Å². The van der Waals surface area contributed by atoms with E-state index in [9.17, 15) is 0 Å². The largest absolute Gasteiger partial charge is 0.455 e. The molecular formula is C54H36N2O. The van der Waals surface area contributed by atoms with Crippen LogP contribution in [0.4, 0.5) is 17.1 Å². The van der Waals surface area contributed by atoms with E-state index in [4.69, 9.17) is 4.42 Å². The van der Waals surface area contributed by atoms with Crippen LogP contribution in [0.2, 0.25) is 0 Å². The lowest BCUT2D eigenvalue weighted by Crippen LogP contribution is -2.10. The number of hydrogen-bond acceptors (Lipinski definition) is 2. The van der Waals surface area contributed by atoms with Gasteiger partial charge in [0.1, 0.15) is 11.2 Å². The number of furan rings is 1. The van der Waals surface area contributed by atoms with Crippen molar-refractivity contribution < 1.29 is 4.42 Å². The minimum Gasteiger partial charge on any atom is -0.455 e. The lowest BCUT2D eigenvalue weighted by Gasteiger charge is -2.26. The Kier molecular flexibility index (Phi) is 7.82. The van der Waals surface area contributed by atoms with Crippen molar-refractivity contribution in [2.75, 3.05) is 4.90 Å². The Morgan fingerprint density at radius 1 is 0.333 bits per heavy atom. The Morgan fingerprint density at radius 2 is 0.825 bits per heavy atom. The van der Waals surface area contributed by atoms with Crippen LogP contribution in [0.25, 0.3) is 82.8 Å². The molecule has 0 radical (unpaired) electrons. The zero-order valence-electron chi connectivity index (χ0n) is 31.1. The fourth-order valence-corrected chi connectivity index (χ4v) is 8.47. The first-order valence-electron chi connectivity index (χ1n) is 19.4. The SMILES string of the molecule is c1ccc(-c2ccc(N(c3ccc(-c4ccc(-n5c6ccccc6c6ccccc65)cc4)cc3)c3cccc(-c4cccc5c4oc4ccccc45)c3)cc2)cc1. The Balaban J connectivity index is 0.975. The molecular weight excluding hydrogens is 693 g/mol. The molecule has 2 aromatic heterocycles. The molecule has 11 rings (SSSR count). The number of anilines is 3. The van der Waals surface area contributed by atoms with Crippen LogP contribution in [-0.2, 0) is 0 Å². The predicted octanol–water partition coefficient (Wildman–Crippen LogP) is 15.2. The number of hydrogen-bond donors (Lipinski definition) is 0. The van der Waals surface area contributed by atoms with Crippen LogP contribution in [0.1, 0.15) is 0 Å². The van der Waals surface area contributed by atoms with Crippen molar-refractivity contribution in [1.29, 1.82) is 0 Å². The lowest BCUT2D eigenvalue weighted by atomic mass is 10.0. The summed E-state index contributed by atoms with van der Waals surface area (Å²) in [5, 5.41) is 4.79. The van der Waals surface area contributed by atoms with Gasteiger partial charge in [0.25, 0.3) is 0 Å². The van der Waals surface area contributed by atoms with Crippen LogP contribution in [0.3, 0.4) is 0 Å². The van der Waals surface area contributed by atoms with E-state index in [1.165, 1.54) is 38.5 Å². The minimum absolute atomic E-state index is 0.901. The Bertz CT molecular complexity index is 3160. The van der Waals surface area contributed by atoms with Gasteiger partial charge >= 0.3 is 0 Å². The zero-order chi connectivity index (χ0) is 37.7. The summed E-state index contributed by atoms with van der Waals surface area (Å²) in [5.41, 5.74) is 15.5. The van der Waals surface area contributed by atoms with Gasteiger partial charge in [-0.1, -0.05) is 152 Å². The summed E-state index contributed by atoms with van der Waals surface area (Å²) < 4.78 is 8.83. The molecule has 3 heteroatoms. The highest BCUT2D eigenvalue weighted by Crippen LogP contribution is 2.41. The predicted molar refractivity (Wildman–Crippen MR) is 239 cm³/mol. The van der Waals surface area contributed by atoms with Gasteiger partial charge in [0.2, 0.25) is 0 Å². The van der Waals surface area contributed by atoms with E-state index >= 15 is 0 Å². The van der Waals surface area contributed by atoms with Gasteiger partial charge in [-0.25, -0.2) is 0 Å². The van der Waals surface area contributed by atoms with Crippen molar-refractivity contribution in [3.05, 3.63) is 218 Å². The normalized spacial score (nSPS) is 11.5. The summed E-state index contributed by atoms with van der Waals surface area (Å²) in [6.45, 7) is 0. The highest BCUT2D eigenvalue weighted by molar-refractivity contribution is 6.10. The molecule has 2 heterocycles. The number of nitrogens with zero attached hydrogens (tertiary/aromatic N) is 2. The Hall–Kier alpha value is -7.62. The van der Waals surface area contributed by atoms with Crippen molar-refractivity contribution >= 4 is 60.8 Å². The van der Waals surface area contributed by atoms with Crippen LogP contribution >= 0.6 is 0 Å². The maximum absolute atomic E-state index is 6.47. The van der Waals surface area contributed by atoms with E-state index in [1.54, 1.807) is 0 Å². The molecule has 268 valence electrons. The quantitative estimate of drug-likeness (QED) is 0.163. The second-order valence-electron chi connectivity index (χ2n) is 14.5. The molecule has 0 spiro atoms. The average Bonchev–Trinajstić information content (AvgIpc) is 3.84. The van der Waals surface area contributed by atoms with Crippen LogP contribution < -0.4 is 4.90 Å². The molecule has 0 atom stereocenters. The molecule has 0 fully saturated rings. The van der Waals surface area contributed by atoms with E-state index in [0.717, 1.165) is 61.4 Å². The first-order valence-corrected chi connectivity index (χ1v) is 19.4. The summed E-state index contributed by atoms with van der Waals surface area (Å²) >= 11 is 0. The van der Waals surface area contributed by atoms with Gasteiger partial charge in [0, 0.05) is 49.9 Å². The number of para-hydroxylation sites is 4. The third-order valence-electron chi connectivity index (χ3n) is 11.2.